The summed E-state index contributed by atoms with van der Waals surface area (Å²) in [5.74, 6) is 1.19. The summed E-state index contributed by atoms with van der Waals surface area (Å²) >= 11 is 1.60. The molecule has 7 heteroatoms. The molecule has 1 amide bonds. The molecular formula is C22H28N4O2S. The first-order valence-electron chi connectivity index (χ1n) is 10.3. The van der Waals surface area contributed by atoms with Crippen molar-refractivity contribution in [1.82, 2.24) is 15.2 Å². The van der Waals surface area contributed by atoms with Gasteiger partial charge in [0.2, 0.25) is 5.96 Å². The number of carbonyl (C=O) groups excluding carboxylic acids is 1. The van der Waals surface area contributed by atoms with E-state index in [2.05, 4.69) is 30.2 Å². The quantitative estimate of drug-likeness (QED) is 0.697. The Hall–Kier alpha value is -2.25. The van der Waals surface area contributed by atoms with Gasteiger partial charge in [0.15, 0.2) is 0 Å². The van der Waals surface area contributed by atoms with Gasteiger partial charge in [-0.25, -0.2) is 9.98 Å². The maximum Gasteiger partial charge on any atom is 0.279 e. The number of rotatable bonds is 7. The van der Waals surface area contributed by atoms with Crippen molar-refractivity contribution < 1.29 is 9.53 Å². The van der Waals surface area contributed by atoms with Crippen LogP contribution in [0.5, 0.6) is 0 Å². The molecule has 1 N–H and O–H groups in total. The van der Waals surface area contributed by atoms with Crippen molar-refractivity contribution in [2.75, 3.05) is 13.7 Å². The lowest BCUT2D eigenvalue weighted by molar-refractivity contribution is -0.125. The summed E-state index contributed by atoms with van der Waals surface area (Å²) in [4.78, 5) is 24.1. The molecule has 4 rings (SSSR count). The molecule has 6 nitrogen and oxygen atoms in total. The lowest BCUT2D eigenvalue weighted by Crippen LogP contribution is -2.53. The van der Waals surface area contributed by atoms with Crippen molar-refractivity contribution in [3.8, 4) is 0 Å². The van der Waals surface area contributed by atoms with E-state index in [1.54, 1.807) is 18.4 Å². The second-order valence-corrected chi connectivity index (χ2v) is 9.12. The number of nitrogens with zero attached hydrogens (tertiary/aromatic N) is 3. The standard InChI is InChI=1S/C22H28N4O2S/c1-14(2)9-16(12-28-3)24-22-25-19(21(27)26(22)17-5-4-6-17)10-15-7-8-18-20(11-15)29-13-23-18/h7-8,10-11,13-14,16-17H,4-6,9,12H2,1-3H3,(H,24,25)/b19-10-. The van der Waals surface area contributed by atoms with Crippen LogP contribution in [-0.2, 0) is 9.53 Å². The fourth-order valence-electron chi connectivity index (χ4n) is 3.86. The van der Waals surface area contributed by atoms with Crippen LogP contribution >= 0.6 is 11.3 Å². The Morgan fingerprint density at radius 1 is 1.38 bits per heavy atom. The van der Waals surface area contributed by atoms with Crippen molar-refractivity contribution in [2.24, 2.45) is 10.9 Å². The molecular weight excluding hydrogens is 384 g/mol. The van der Waals surface area contributed by atoms with E-state index in [-0.39, 0.29) is 18.0 Å². The molecule has 29 heavy (non-hydrogen) atoms. The average Bonchev–Trinajstić information content (AvgIpc) is 3.20. The predicted octanol–water partition coefficient (Wildman–Crippen LogP) is 4.04. The third kappa shape index (κ3) is 4.36. The molecule has 1 aromatic heterocycles. The van der Waals surface area contributed by atoms with Crippen LogP contribution in [0.15, 0.2) is 34.4 Å². The zero-order chi connectivity index (χ0) is 20.4. The Morgan fingerprint density at radius 3 is 2.90 bits per heavy atom. The van der Waals surface area contributed by atoms with Crippen molar-refractivity contribution in [2.45, 2.75) is 51.6 Å². The molecule has 1 atom stereocenters. The number of hydrogen-bond acceptors (Lipinski definition) is 6. The number of fused-ring (bicyclic) bond motifs is 1. The van der Waals surface area contributed by atoms with Crippen LogP contribution in [0.4, 0.5) is 0 Å². The number of hydrogen-bond donors (Lipinski definition) is 1. The lowest BCUT2D eigenvalue weighted by Gasteiger charge is -2.36. The van der Waals surface area contributed by atoms with Crippen LogP contribution in [0, 0.1) is 5.92 Å². The van der Waals surface area contributed by atoms with Gasteiger partial charge in [0.05, 0.1) is 28.4 Å². The number of nitrogens with one attached hydrogen (secondary N) is 1. The molecule has 154 valence electrons. The van der Waals surface area contributed by atoms with Crippen LogP contribution in [0.25, 0.3) is 16.3 Å². The number of guanidine groups is 1. The van der Waals surface area contributed by atoms with Gasteiger partial charge in [-0.05, 0) is 55.4 Å². The number of benzene rings is 1. The first-order valence-corrected chi connectivity index (χ1v) is 11.2. The SMILES string of the molecule is COCC(CC(C)C)NC1=N/C(=C\c2ccc3ncsc3c2)C(=O)N1C1CCC1. The van der Waals surface area contributed by atoms with Gasteiger partial charge >= 0.3 is 0 Å². The average molecular weight is 413 g/mol. The molecule has 2 heterocycles. The van der Waals surface area contributed by atoms with E-state index in [1.807, 2.05) is 28.6 Å². The third-order valence-corrected chi connectivity index (χ3v) is 6.24. The summed E-state index contributed by atoms with van der Waals surface area (Å²) in [6, 6.07) is 6.41. The van der Waals surface area contributed by atoms with Gasteiger partial charge in [-0.15, -0.1) is 11.3 Å². The first-order chi connectivity index (χ1) is 14.0. The van der Waals surface area contributed by atoms with Crippen LogP contribution < -0.4 is 5.32 Å². The zero-order valence-electron chi connectivity index (χ0n) is 17.2. The molecule has 1 saturated carbocycles. The molecule has 1 aliphatic heterocycles. The summed E-state index contributed by atoms with van der Waals surface area (Å²) in [5.41, 5.74) is 4.28. The van der Waals surface area contributed by atoms with E-state index in [0.29, 0.717) is 24.2 Å². The number of carbonyl (C=O) groups is 1. The van der Waals surface area contributed by atoms with Gasteiger partial charge < -0.3 is 10.1 Å². The molecule has 0 radical (unpaired) electrons. The van der Waals surface area contributed by atoms with E-state index in [9.17, 15) is 4.79 Å². The molecule has 2 aliphatic rings. The maximum atomic E-state index is 13.2. The van der Waals surface area contributed by atoms with Crippen molar-refractivity contribution >= 4 is 39.5 Å². The molecule has 0 bridgehead atoms. The minimum atomic E-state index is -0.0117. The lowest BCUT2D eigenvalue weighted by atomic mass is 9.91. The number of aliphatic imine (C=N–C) groups is 1. The van der Waals surface area contributed by atoms with Crippen LogP contribution in [-0.4, -0.2) is 47.6 Å². The molecule has 0 spiro atoms. The topological polar surface area (TPSA) is 66.8 Å². The minimum Gasteiger partial charge on any atom is -0.383 e. The Morgan fingerprint density at radius 2 is 2.21 bits per heavy atom. The highest BCUT2D eigenvalue weighted by molar-refractivity contribution is 7.16. The molecule has 1 unspecified atom stereocenters. The van der Waals surface area contributed by atoms with Gasteiger partial charge in [0.25, 0.3) is 5.91 Å². The summed E-state index contributed by atoms with van der Waals surface area (Å²) in [6.45, 7) is 4.97. The van der Waals surface area contributed by atoms with Gasteiger partial charge in [-0.2, -0.15) is 0 Å². The smallest absolute Gasteiger partial charge is 0.279 e. The molecule has 1 aromatic carbocycles. The fraction of sp³-hybridized carbons (Fsp3) is 0.500. The second-order valence-electron chi connectivity index (χ2n) is 8.23. The Bertz CT molecular complexity index is 945. The van der Waals surface area contributed by atoms with Gasteiger partial charge in [-0.3, -0.25) is 9.69 Å². The van der Waals surface area contributed by atoms with Crippen LogP contribution in [0.2, 0.25) is 0 Å². The number of amides is 1. The van der Waals surface area contributed by atoms with E-state index in [4.69, 9.17) is 9.73 Å². The summed E-state index contributed by atoms with van der Waals surface area (Å²) in [7, 11) is 1.71. The highest BCUT2D eigenvalue weighted by Crippen LogP contribution is 2.31. The van der Waals surface area contributed by atoms with E-state index in [0.717, 1.165) is 41.5 Å². The summed E-state index contributed by atoms with van der Waals surface area (Å²) < 4.78 is 6.50. The van der Waals surface area contributed by atoms with Gasteiger partial charge in [0, 0.05) is 13.2 Å². The van der Waals surface area contributed by atoms with E-state index in [1.165, 1.54) is 0 Å². The molecule has 0 saturated heterocycles. The van der Waals surface area contributed by atoms with Gasteiger partial charge in [-0.1, -0.05) is 19.9 Å². The largest absolute Gasteiger partial charge is 0.383 e. The van der Waals surface area contributed by atoms with Crippen LogP contribution in [0.1, 0.15) is 45.1 Å². The maximum absolute atomic E-state index is 13.2. The minimum absolute atomic E-state index is 0.0117. The summed E-state index contributed by atoms with van der Waals surface area (Å²) in [5, 5.41) is 3.50. The normalized spacial score (nSPS) is 19.9. The van der Waals surface area contributed by atoms with Crippen molar-refractivity contribution in [1.29, 1.82) is 0 Å². The van der Waals surface area contributed by atoms with Crippen LogP contribution in [0.3, 0.4) is 0 Å². The number of ether oxygens (including phenoxy) is 1. The van der Waals surface area contributed by atoms with E-state index < -0.39 is 0 Å². The first kappa shape index (κ1) is 20.0. The third-order valence-electron chi connectivity index (χ3n) is 5.45. The van der Waals surface area contributed by atoms with Crippen molar-refractivity contribution in [3.63, 3.8) is 0 Å². The summed E-state index contributed by atoms with van der Waals surface area (Å²) in [6.07, 6.45) is 6.07. The predicted molar refractivity (Wildman–Crippen MR) is 118 cm³/mol. The number of thiazole rings is 1. The number of methoxy groups -OCH3 is 1. The molecule has 1 fully saturated rings. The Kier molecular flexibility index (Phi) is 5.96. The Labute approximate surface area is 175 Å². The molecule has 1 aliphatic carbocycles. The molecule has 2 aromatic rings. The highest BCUT2D eigenvalue weighted by Gasteiger charge is 2.39. The second kappa shape index (κ2) is 8.63. The number of aromatic nitrogens is 1. The zero-order valence-corrected chi connectivity index (χ0v) is 18.0. The fourth-order valence-corrected chi connectivity index (χ4v) is 4.58. The Balaban J connectivity index is 1.62. The monoisotopic (exact) mass is 412 g/mol. The van der Waals surface area contributed by atoms with Crippen molar-refractivity contribution in [3.05, 3.63) is 35.0 Å². The van der Waals surface area contributed by atoms with Gasteiger partial charge in [0.1, 0.15) is 5.70 Å². The van der Waals surface area contributed by atoms with E-state index >= 15 is 0 Å². The highest BCUT2D eigenvalue weighted by atomic mass is 32.1.